The van der Waals surface area contributed by atoms with E-state index in [1.807, 2.05) is 0 Å². The van der Waals surface area contributed by atoms with Crippen LogP contribution in [0.2, 0.25) is 0 Å². The number of halogens is 1. The summed E-state index contributed by atoms with van der Waals surface area (Å²) < 4.78 is 12.8. The standard InChI is InChI=1S/C16H15FO2/c1-11(10-12-6-8-13(17)9-7-12)16(19)14-4-2-3-5-15(14)18/h2-9,11,18H,10H2,1H3. The second kappa shape index (κ2) is 5.65. The van der Waals surface area contributed by atoms with Crippen molar-refractivity contribution in [2.75, 3.05) is 0 Å². The van der Waals surface area contributed by atoms with E-state index in [2.05, 4.69) is 0 Å². The van der Waals surface area contributed by atoms with Gasteiger partial charge in [0, 0.05) is 5.92 Å². The van der Waals surface area contributed by atoms with Gasteiger partial charge in [0.25, 0.3) is 0 Å². The Morgan fingerprint density at radius 3 is 2.42 bits per heavy atom. The van der Waals surface area contributed by atoms with Gasteiger partial charge in [0.1, 0.15) is 11.6 Å². The molecule has 1 atom stereocenters. The number of carbonyl (C=O) groups is 1. The van der Waals surface area contributed by atoms with Gasteiger partial charge in [-0.1, -0.05) is 31.2 Å². The highest BCUT2D eigenvalue weighted by Crippen LogP contribution is 2.21. The van der Waals surface area contributed by atoms with Crippen LogP contribution in [-0.2, 0) is 6.42 Å². The molecule has 0 spiro atoms. The molecule has 0 heterocycles. The van der Waals surface area contributed by atoms with E-state index in [9.17, 15) is 14.3 Å². The average Bonchev–Trinajstić information content (AvgIpc) is 2.41. The van der Waals surface area contributed by atoms with Crippen LogP contribution in [0.1, 0.15) is 22.8 Å². The molecule has 1 N–H and O–H groups in total. The quantitative estimate of drug-likeness (QED) is 0.851. The number of Topliss-reactive ketones (excluding diaryl/α,β-unsaturated/α-hetero) is 1. The lowest BCUT2D eigenvalue weighted by atomic mass is 9.92. The molecule has 2 rings (SSSR count). The highest BCUT2D eigenvalue weighted by molar-refractivity contribution is 6.00. The maximum Gasteiger partial charge on any atom is 0.169 e. The van der Waals surface area contributed by atoms with E-state index in [0.29, 0.717) is 12.0 Å². The Hall–Kier alpha value is -2.16. The summed E-state index contributed by atoms with van der Waals surface area (Å²) >= 11 is 0. The molecule has 0 radical (unpaired) electrons. The predicted octanol–water partition coefficient (Wildman–Crippen LogP) is 3.59. The molecule has 0 saturated heterocycles. The summed E-state index contributed by atoms with van der Waals surface area (Å²) in [5.74, 6) is -0.664. The van der Waals surface area contributed by atoms with Crippen LogP contribution >= 0.6 is 0 Å². The molecule has 2 nitrogen and oxygen atoms in total. The summed E-state index contributed by atoms with van der Waals surface area (Å²) in [5.41, 5.74) is 1.23. The predicted molar refractivity (Wildman–Crippen MR) is 71.7 cm³/mol. The second-order valence-corrected chi connectivity index (χ2v) is 4.61. The number of aromatic hydroxyl groups is 1. The number of carbonyl (C=O) groups excluding carboxylic acids is 1. The zero-order valence-electron chi connectivity index (χ0n) is 10.6. The van der Waals surface area contributed by atoms with Crippen molar-refractivity contribution in [2.45, 2.75) is 13.3 Å². The molecule has 0 aliphatic heterocycles. The lowest BCUT2D eigenvalue weighted by Crippen LogP contribution is -2.14. The number of phenols is 1. The summed E-state index contributed by atoms with van der Waals surface area (Å²) in [5, 5.41) is 9.66. The molecule has 98 valence electrons. The molecule has 2 aromatic carbocycles. The van der Waals surface area contributed by atoms with Crippen molar-refractivity contribution < 1.29 is 14.3 Å². The smallest absolute Gasteiger partial charge is 0.169 e. The Bertz CT molecular complexity index is 576. The first-order chi connectivity index (χ1) is 9.08. The molecule has 0 aliphatic carbocycles. The number of hydrogen-bond acceptors (Lipinski definition) is 2. The molecule has 0 aliphatic rings. The molecule has 0 bridgehead atoms. The fourth-order valence-electron chi connectivity index (χ4n) is 2.01. The number of para-hydroxylation sites is 1. The SMILES string of the molecule is CC(Cc1ccc(F)cc1)C(=O)c1ccccc1O. The van der Waals surface area contributed by atoms with Crippen molar-refractivity contribution in [3.05, 3.63) is 65.5 Å². The average molecular weight is 258 g/mol. The molecular formula is C16H15FO2. The van der Waals surface area contributed by atoms with E-state index in [1.54, 1.807) is 37.3 Å². The zero-order valence-corrected chi connectivity index (χ0v) is 10.6. The van der Waals surface area contributed by atoms with Gasteiger partial charge in [-0.3, -0.25) is 4.79 Å². The summed E-state index contributed by atoms with van der Waals surface area (Å²) in [7, 11) is 0. The van der Waals surface area contributed by atoms with Gasteiger partial charge < -0.3 is 5.11 Å². The molecule has 0 aromatic heterocycles. The van der Waals surface area contributed by atoms with Crippen LogP contribution < -0.4 is 0 Å². The third kappa shape index (κ3) is 3.19. The van der Waals surface area contributed by atoms with Gasteiger partial charge in [-0.2, -0.15) is 0 Å². The number of phenolic OH excluding ortho intramolecular Hbond substituents is 1. The van der Waals surface area contributed by atoms with Gasteiger partial charge >= 0.3 is 0 Å². The van der Waals surface area contributed by atoms with E-state index in [0.717, 1.165) is 5.56 Å². The van der Waals surface area contributed by atoms with E-state index in [4.69, 9.17) is 0 Å². The normalized spacial score (nSPS) is 12.1. The monoisotopic (exact) mass is 258 g/mol. The van der Waals surface area contributed by atoms with Crippen molar-refractivity contribution >= 4 is 5.78 Å². The summed E-state index contributed by atoms with van der Waals surface area (Å²) in [4.78, 5) is 12.2. The van der Waals surface area contributed by atoms with E-state index >= 15 is 0 Å². The first kappa shape index (κ1) is 13.3. The second-order valence-electron chi connectivity index (χ2n) is 4.61. The largest absolute Gasteiger partial charge is 0.507 e. The Labute approximate surface area is 111 Å². The Morgan fingerprint density at radius 1 is 1.16 bits per heavy atom. The van der Waals surface area contributed by atoms with Crippen LogP contribution in [0.25, 0.3) is 0 Å². The van der Waals surface area contributed by atoms with Crippen LogP contribution in [0.4, 0.5) is 4.39 Å². The van der Waals surface area contributed by atoms with Gasteiger partial charge in [-0.15, -0.1) is 0 Å². The van der Waals surface area contributed by atoms with Crippen LogP contribution in [0.3, 0.4) is 0 Å². The van der Waals surface area contributed by atoms with E-state index in [1.165, 1.54) is 18.2 Å². The van der Waals surface area contributed by atoms with Crippen molar-refractivity contribution in [3.63, 3.8) is 0 Å². The highest BCUT2D eigenvalue weighted by atomic mass is 19.1. The van der Waals surface area contributed by atoms with Crippen LogP contribution in [0, 0.1) is 11.7 Å². The molecule has 0 amide bonds. The minimum Gasteiger partial charge on any atom is -0.507 e. The molecule has 2 aromatic rings. The van der Waals surface area contributed by atoms with Crippen molar-refractivity contribution in [1.82, 2.24) is 0 Å². The first-order valence-corrected chi connectivity index (χ1v) is 6.14. The van der Waals surface area contributed by atoms with E-state index in [-0.39, 0.29) is 23.3 Å². The molecule has 0 saturated carbocycles. The molecule has 3 heteroatoms. The fraction of sp³-hybridized carbons (Fsp3) is 0.188. The lowest BCUT2D eigenvalue weighted by Gasteiger charge is -2.11. The number of rotatable bonds is 4. The molecular weight excluding hydrogens is 243 g/mol. The minimum absolute atomic E-state index is 0.00143. The van der Waals surface area contributed by atoms with Gasteiger partial charge in [0.2, 0.25) is 0 Å². The minimum atomic E-state index is -0.288. The van der Waals surface area contributed by atoms with Gasteiger partial charge in [0.15, 0.2) is 5.78 Å². The van der Waals surface area contributed by atoms with Gasteiger partial charge in [-0.25, -0.2) is 4.39 Å². The van der Waals surface area contributed by atoms with Crippen LogP contribution in [-0.4, -0.2) is 10.9 Å². The van der Waals surface area contributed by atoms with E-state index < -0.39 is 0 Å². The number of ketones is 1. The topological polar surface area (TPSA) is 37.3 Å². The summed E-state index contributed by atoms with van der Waals surface area (Å²) in [6.45, 7) is 1.80. The third-order valence-electron chi connectivity index (χ3n) is 3.07. The van der Waals surface area contributed by atoms with Crippen molar-refractivity contribution in [2.24, 2.45) is 5.92 Å². The molecule has 0 fully saturated rings. The molecule has 19 heavy (non-hydrogen) atoms. The zero-order chi connectivity index (χ0) is 13.8. The van der Waals surface area contributed by atoms with Gasteiger partial charge in [0.05, 0.1) is 5.56 Å². The Kier molecular flexibility index (Phi) is 3.95. The third-order valence-corrected chi connectivity index (χ3v) is 3.07. The van der Waals surface area contributed by atoms with Crippen molar-refractivity contribution in [1.29, 1.82) is 0 Å². The van der Waals surface area contributed by atoms with Crippen LogP contribution in [0.5, 0.6) is 5.75 Å². The maximum atomic E-state index is 12.8. The fourth-order valence-corrected chi connectivity index (χ4v) is 2.01. The highest BCUT2D eigenvalue weighted by Gasteiger charge is 2.18. The van der Waals surface area contributed by atoms with Crippen molar-refractivity contribution in [3.8, 4) is 5.75 Å². The number of benzene rings is 2. The Balaban J connectivity index is 2.12. The summed E-state index contributed by atoms with van der Waals surface area (Å²) in [6.07, 6.45) is 0.521. The van der Waals surface area contributed by atoms with Gasteiger partial charge in [-0.05, 0) is 36.2 Å². The summed E-state index contributed by atoms with van der Waals surface area (Å²) in [6, 6.07) is 12.6. The maximum absolute atomic E-state index is 12.8. The Morgan fingerprint density at radius 2 is 1.79 bits per heavy atom. The first-order valence-electron chi connectivity index (χ1n) is 6.14. The van der Waals surface area contributed by atoms with Crippen LogP contribution in [0.15, 0.2) is 48.5 Å². The number of hydrogen-bond donors (Lipinski definition) is 1. The molecule has 1 unspecified atom stereocenters. The lowest BCUT2D eigenvalue weighted by molar-refractivity contribution is 0.0926.